The van der Waals surface area contributed by atoms with Gasteiger partial charge in [0, 0.05) is 38.2 Å². The van der Waals surface area contributed by atoms with Crippen LogP contribution in [0.3, 0.4) is 0 Å². The van der Waals surface area contributed by atoms with Crippen LogP contribution in [-0.2, 0) is 9.59 Å². The largest absolute Gasteiger partial charge is 0.343 e. The van der Waals surface area contributed by atoms with E-state index in [-0.39, 0.29) is 24.3 Å². The zero-order valence-corrected chi connectivity index (χ0v) is 16.1. The molecule has 1 aromatic rings. The van der Waals surface area contributed by atoms with E-state index in [0.29, 0.717) is 31.0 Å². The topological polar surface area (TPSA) is 69.7 Å². The van der Waals surface area contributed by atoms with Gasteiger partial charge < -0.3 is 15.1 Å². The highest BCUT2D eigenvalue weighted by molar-refractivity contribution is 5.97. The van der Waals surface area contributed by atoms with Crippen LogP contribution in [0.15, 0.2) is 24.3 Å². The fourth-order valence-corrected chi connectivity index (χ4v) is 3.92. The fourth-order valence-electron chi connectivity index (χ4n) is 3.92. The van der Waals surface area contributed by atoms with Crippen LogP contribution in [0.2, 0.25) is 0 Å². The number of nitrogens with zero attached hydrogens (tertiary/aromatic N) is 2. The molecule has 0 bridgehead atoms. The predicted octanol–water partition coefficient (Wildman–Crippen LogP) is 1.98. The van der Waals surface area contributed by atoms with E-state index in [1.54, 1.807) is 6.07 Å². The molecular formula is C21H29N3O3. The van der Waals surface area contributed by atoms with Gasteiger partial charge in [0.15, 0.2) is 0 Å². The number of hydrogen-bond acceptors (Lipinski definition) is 3. The molecule has 0 aromatic heterocycles. The summed E-state index contributed by atoms with van der Waals surface area (Å²) in [6.45, 7) is 5.02. The summed E-state index contributed by atoms with van der Waals surface area (Å²) in [6, 6.07) is 7.36. The molecule has 0 spiro atoms. The van der Waals surface area contributed by atoms with Gasteiger partial charge in [-0.3, -0.25) is 14.4 Å². The number of nitrogens with one attached hydrogen (secondary N) is 1. The summed E-state index contributed by atoms with van der Waals surface area (Å²) in [6.07, 6.45) is 4.63. The Hall–Kier alpha value is -2.37. The first-order valence-corrected chi connectivity index (χ1v) is 9.94. The molecule has 27 heavy (non-hydrogen) atoms. The third-order valence-corrected chi connectivity index (χ3v) is 5.66. The summed E-state index contributed by atoms with van der Waals surface area (Å²) in [5.41, 5.74) is 1.51. The summed E-state index contributed by atoms with van der Waals surface area (Å²) in [5.74, 6) is 0.501. The van der Waals surface area contributed by atoms with E-state index in [2.05, 4.69) is 5.32 Å². The molecule has 2 fully saturated rings. The molecule has 6 nitrogen and oxygen atoms in total. The number of benzene rings is 1. The molecule has 0 radical (unpaired) electrons. The monoisotopic (exact) mass is 371 g/mol. The van der Waals surface area contributed by atoms with Crippen molar-refractivity contribution in [3.63, 3.8) is 0 Å². The van der Waals surface area contributed by atoms with Gasteiger partial charge >= 0.3 is 0 Å². The molecule has 3 rings (SSSR count). The lowest BCUT2D eigenvalue weighted by Crippen LogP contribution is -2.46. The van der Waals surface area contributed by atoms with E-state index in [1.165, 1.54) is 0 Å². The minimum absolute atomic E-state index is 0.0302. The first kappa shape index (κ1) is 19.4. The Labute approximate surface area is 160 Å². The highest BCUT2D eigenvalue weighted by atomic mass is 16.2. The minimum atomic E-state index is -0.208. The number of aryl methyl sites for hydroxylation is 1. The Morgan fingerprint density at radius 1 is 1.11 bits per heavy atom. The summed E-state index contributed by atoms with van der Waals surface area (Å²) in [7, 11) is 0. The van der Waals surface area contributed by atoms with Crippen LogP contribution in [0.5, 0.6) is 0 Å². The van der Waals surface area contributed by atoms with Gasteiger partial charge in [0.25, 0.3) is 5.91 Å². The number of rotatable bonds is 5. The number of amides is 3. The van der Waals surface area contributed by atoms with Crippen LogP contribution in [-0.4, -0.2) is 60.2 Å². The Morgan fingerprint density at radius 2 is 1.85 bits per heavy atom. The SMILES string of the molecule is Cc1ccccc1C(=O)NCC(=O)N1CCC(CN2CCCCC2=O)CC1. The lowest BCUT2D eigenvalue weighted by Gasteiger charge is -2.36. The molecular weight excluding hydrogens is 342 g/mol. The van der Waals surface area contributed by atoms with Gasteiger partial charge in [-0.1, -0.05) is 18.2 Å². The molecule has 0 saturated carbocycles. The van der Waals surface area contributed by atoms with E-state index in [4.69, 9.17) is 0 Å². The highest BCUT2D eigenvalue weighted by Crippen LogP contribution is 2.21. The quantitative estimate of drug-likeness (QED) is 0.860. The zero-order chi connectivity index (χ0) is 19.2. The van der Waals surface area contributed by atoms with E-state index < -0.39 is 0 Å². The highest BCUT2D eigenvalue weighted by Gasteiger charge is 2.27. The van der Waals surface area contributed by atoms with Gasteiger partial charge in [0.05, 0.1) is 6.54 Å². The Bertz CT molecular complexity index is 696. The summed E-state index contributed by atoms with van der Waals surface area (Å²) >= 11 is 0. The maximum absolute atomic E-state index is 12.4. The van der Waals surface area contributed by atoms with Gasteiger partial charge in [0.2, 0.25) is 11.8 Å². The van der Waals surface area contributed by atoms with Crippen molar-refractivity contribution in [2.75, 3.05) is 32.7 Å². The van der Waals surface area contributed by atoms with Crippen LogP contribution in [0.1, 0.15) is 48.0 Å². The molecule has 1 N–H and O–H groups in total. The van der Waals surface area contributed by atoms with Gasteiger partial charge in [-0.15, -0.1) is 0 Å². The zero-order valence-electron chi connectivity index (χ0n) is 16.1. The van der Waals surface area contributed by atoms with Crippen molar-refractivity contribution in [1.29, 1.82) is 0 Å². The van der Waals surface area contributed by atoms with Crippen LogP contribution in [0.25, 0.3) is 0 Å². The van der Waals surface area contributed by atoms with Crippen molar-refractivity contribution in [1.82, 2.24) is 15.1 Å². The van der Waals surface area contributed by atoms with Crippen molar-refractivity contribution < 1.29 is 14.4 Å². The third-order valence-electron chi connectivity index (χ3n) is 5.66. The van der Waals surface area contributed by atoms with Gasteiger partial charge in [-0.25, -0.2) is 0 Å². The van der Waals surface area contributed by atoms with Crippen LogP contribution >= 0.6 is 0 Å². The maximum Gasteiger partial charge on any atom is 0.251 e. The average Bonchev–Trinajstić information content (AvgIpc) is 2.68. The molecule has 0 atom stereocenters. The second-order valence-corrected chi connectivity index (χ2v) is 7.62. The first-order chi connectivity index (χ1) is 13.0. The van der Waals surface area contributed by atoms with E-state index in [0.717, 1.165) is 44.3 Å². The lowest BCUT2D eigenvalue weighted by molar-refractivity contribution is -0.135. The number of hydrogen-bond donors (Lipinski definition) is 1. The molecule has 2 saturated heterocycles. The maximum atomic E-state index is 12.4. The molecule has 6 heteroatoms. The Kier molecular flexibility index (Phi) is 6.48. The molecule has 3 amide bonds. The molecule has 2 aliphatic rings. The third kappa shape index (κ3) is 5.08. The Balaban J connectivity index is 1.41. The van der Waals surface area contributed by atoms with Gasteiger partial charge in [0.1, 0.15) is 0 Å². The van der Waals surface area contributed by atoms with Crippen LogP contribution in [0, 0.1) is 12.8 Å². The molecule has 2 heterocycles. The minimum Gasteiger partial charge on any atom is -0.343 e. The average molecular weight is 371 g/mol. The summed E-state index contributed by atoms with van der Waals surface area (Å²) in [4.78, 5) is 40.4. The van der Waals surface area contributed by atoms with Crippen molar-refractivity contribution in [3.8, 4) is 0 Å². The Morgan fingerprint density at radius 3 is 2.56 bits per heavy atom. The smallest absolute Gasteiger partial charge is 0.251 e. The first-order valence-electron chi connectivity index (χ1n) is 9.94. The lowest BCUT2D eigenvalue weighted by atomic mass is 9.95. The molecule has 146 valence electrons. The summed E-state index contributed by atoms with van der Waals surface area (Å²) in [5, 5.41) is 2.74. The standard InChI is InChI=1S/C21H29N3O3/c1-16-6-2-3-7-18(16)21(27)22-14-20(26)23-12-9-17(10-13-23)15-24-11-5-4-8-19(24)25/h2-3,6-7,17H,4-5,8-15H2,1H3,(H,22,27). The van der Waals surface area contributed by atoms with Crippen molar-refractivity contribution >= 4 is 17.7 Å². The number of carbonyl (C=O) groups is 3. The molecule has 0 aliphatic carbocycles. The molecule has 1 aromatic carbocycles. The fraction of sp³-hybridized carbons (Fsp3) is 0.571. The normalized spacial score (nSPS) is 18.5. The van der Waals surface area contributed by atoms with Gasteiger partial charge in [-0.05, 0) is 50.2 Å². The number of likely N-dealkylation sites (tertiary alicyclic amines) is 2. The summed E-state index contributed by atoms with van der Waals surface area (Å²) < 4.78 is 0. The number of carbonyl (C=O) groups excluding carboxylic acids is 3. The van der Waals surface area contributed by atoms with Crippen molar-refractivity contribution in [2.24, 2.45) is 5.92 Å². The molecule has 2 aliphatic heterocycles. The van der Waals surface area contributed by atoms with Crippen molar-refractivity contribution in [2.45, 2.75) is 39.0 Å². The number of piperidine rings is 2. The van der Waals surface area contributed by atoms with E-state index in [1.807, 2.05) is 34.9 Å². The van der Waals surface area contributed by atoms with E-state index >= 15 is 0 Å². The van der Waals surface area contributed by atoms with Crippen molar-refractivity contribution in [3.05, 3.63) is 35.4 Å². The predicted molar refractivity (Wildman–Crippen MR) is 103 cm³/mol. The van der Waals surface area contributed by atoms with Crippen LogP contribution < -0.4 is 5.32 Å². The second kappa shape index (κ2) is 9.02. The van der Waals surface area contributed by atoms with Gasteiger partial charge in [-0.2, -0.15) is 0 Å². The van der Waals surface area contributed by atoms with E-state index in [9.17, 15) is 14.4 Å². The van der Waals surface area contributed by atoms with Crippen LogP contribution in [0.4, 0.5) is 0 Å². The molecule has 0 unspecified atom stereocenters. The second-order valence-electron chi connectivity index (χ2n) is 7.62.